The lowest BCUT2D eigenvalue weighted by Crippen LogP contribution is -2.31. The lowest BCUT2D eigenvalue weighted by Gasteiger charge is -2.21. The van der Waals surface area contributed by atoms with Gasteiger partial charge in [-0.3, -0.25) is 9.59 Å². The maximum atomic E-state index is 12.7. The highest BCUT2D eigenvalue weighted by atomic mass is 16.2. The van der Waals surface area contributed by atoms with Gasteiger partial charge < -0.3 is 5.32 Å². The molecule has 1 N–H and O–H groups in total. The maximum absolute atomic E-state index is 12.7. The molecule has 0 spiro atoms. The van der Waals surface area contributed by atoms with Gasteiger partial charge in [0.2, 0.25) is 0 Å². The van der Waals surface area contributed by atoms with Crippen LogP contribution in [0.4, 0.5) is 0 Å². The second-order valence-corrected chi connectivity index (χ2v) is 7.32. The summed E-state index contributed by atoms with van der Waals surface area (Å²) in [6.07, 6.45) is 9.74. The van der Waals surface area contributed by atoms with E-state index in [0.717, 1.165) is 18.8 Å². The number of nitrogens with one attached hydrogen (secondary N) is 1. The van der Waals surface area contributed by atoms with Crippen LogP contribution in [0.2, 0.25) is 0 Å². The number of benzene rings is 1. The number of carbonyl (C=O) groups is 1. The molecule has 1 aromatic carbocycles. The predicted octanol–water partition coefficient (Wildman–Crippen LogP) is 3.90. The summed E-state index contributed by atoms with van der Waals surface area (Å²) in [7, 11) is 0. The van der Waals surface area contributed by atoms with Gasteiger partial charge in [0, 0.05) is 18.5 Å². The molecule has 0 saturated heterocycles. The van der Waals surface area contributed by atoms with Crippen molar-refractivity contribution in [3.05, 3.63) is 40.3 Å². The SMILES string of the molecule is CCCn1nc(C(=O)NCCCC2CCCCC2)c2ccccc2c1=O. The first-order chi connectivity index (χ1) is 12.7. The van der Waals surface area contributed by atoms with Crippen molar-refractivity contribution in [1.82, 2.24) is 15.1 Å². The van der Waals surface area contributed by atoms with Crippen molar-refractivity contribution >= 4 is 16.7 Å². The van der Waals surface area contributed by atoms with Gasteiger partial charge in [0.25, 0.3) is 11.5 Å². The standard InChI is InChI=1S/C21H29N3O2/c1-2-15-24-21(26)18-13-7-6-12-17(18)19(23-24)20(25)22-14-8-11-16-9-4-3-5-10-16/h6-7,12-13,16H,2-5,8-11,14-15H2,1H3,(H,22,25). The average molecular weight is 355 g/mol. The van der Waals surface area contributed by atoms with Crippen LogP contribution in [0.15, 0.2) is 29.1 Å². The number of aryl methyl sites for hydroxylation is 1. The molecule has 1 aliphatic carbocycles. The minimum Gasteiger partial charge on any atom is -0.351 e. The summed E-state index contributed by atoms with van der Waals surface area (Å²) in [5, 5.41) is 8.55. The monoisotopic (exact) mass is 355 g/mol. The van der Waals surface area contributed by atoms with E-state index in [1.165, 1.54) is 43.2 Å². The zero-order chi connectivity index (χ0) is 18.4. The third-order valence-electron chi connectivity index (χ3n) is 5.32. The number of amides is 1. The molecule has 5 heteroatoms. The van der Waals surface area contributed by atoms with Crippen LogP contribution in [0.3, 0.4) is 0 Å². The van der Waals surface area contributed by atoms with Gasteiger partial charge in [0.15, 0.2) is 5.69 Å². The number of hydrogen-bond acceptors (Lipinski definition) is 3. The first-order valence-electron chi connectivity index (χ1n) is 9.98. The van der Waals surface area contributed by atoms with E-state index in [4.69, 9.17) is 0 Å². The van der Waals surface area contributed by atoms with E-state index < -0.39 is 0 Å². The van der Waals surface area contributed by atoms with Gasteiger partial charge in [-0.25, -0.2) is 4.68 Å². The minimum absolute atomic E-state index is 0.128. The number of fused-ring (bicyclic) bond motifs is 1. The zero-order valence-electron chi connectivity index (χ0n) is 15.7. The Balaban J connectivity index is 1.69. The molecule has 0 unspecified atom stereocenters. The second-order valence-electron chi connectivity index (χ2n) is 7.32. The Morgan fingerprint density at radius 1 is 1.19 bits per heavy atom. The van der Waals surface area contributed by atoms with E-state index in [9.17, 15) is 9.59 Å². The maximum Gasteiger partial charge on any atom is 0.274 e. The van der Waals surface area contributed by atoms with Crippen molar-refractivity contribution < 1.29 is 4.79 Å². The lowest BCUT2D eigenvalue weighted by atomic mass is 9.86. The van der Waals surface area contributed by atoms with Gasteiger partial charge in [-0.2, -0.15) is 5.10 Å². The van der Waals surface area contributed by atoms with Crippen molar-refractivity contribution in [3.8, 4) is 0 Å². The Labute approximate surface area is 154 Å². The number of carbonyl (C=O) groups excluding carboxylic acids is 1. The predicted molar refractivity (Wildman–Crippen MR) is 104 cm³/mol. The van der Waals surface area contributed by atoms with E-state index in [0.29, 0.717) is 29.6 Å². The Morgan fingerprint density at radius 3 is 2.65 bits per heavy atom. The highest BCUT2D eigenvalue weighted by Crippen LogP contribution is 2.27. The fourth-order valence-electron chi connectivity index (χ4n) is 3.92. The average Bonchev–Trinajstić information content (AvgIpc) is 2.68. The molecule has 2 aromatic rings. The number of nitrogens with zero attached hydrogens (tertiary/aromatic N) is 2. The van der Waals surface area contributed by atoms with E-state index in [2.05, 4.69) is 10.4 Å². The molecule has 1 aliphatic rings. The molecule has 0 bridgehead atoms. The van der Waals surface area contributed by atoms with Crippen LogP contribution in [0.1, 0.15) is 68.8 Å². The van der Waals surface area contributed by atoms with Gasteiger partial charge in [-0.05, 0) is 31.2 Å². The Hall–Kier alpha value is -2.17. The molecule has 1 amide bonds. The number of rotatable bonds is 7. The molecular formula is C21H29N3O2. The summed E-state index contributed by atoms with van der Waals surface area (Å²) in [5.74, 6) is 0.640. The Morgan fingerprint density at radius 2 is 1.92 bits per heavy atom. The van der Waals surface area contributed by atoms with Gasteiger partial charge in [0.1, 0.15) is 0 Å². The number of hydrogen-bond donors (Lipinski definition) is 1. The molecule has 0 aliphatic heterocycles. The Kier molecular flexibility index (Phi) is 6.42. The van der Waals surface area contributed by atoms with Crippen LogP contribution in [-0.2, 0) is 6.54 Å². The van der Waals surface area contributed by atoms with E-state index in [1.54, 1.807) is 12.1 Å². The normalized spacial score (nSPS) is 15.3. The molecule has 3 rings (SSSR count). The van der Waals surface area contributed by atoms with Crippen molar-refractivity contribution in [2.24, 2.45) is 5.92 Å². The molecule has 5 nitrogen and oxygen atoms in total. The molecule has 0 radical (unpaired) electrons. The molecule has 1 heterocycles. The lowest BCUT2D eigenvalue weighted by molar-refractivity contribution is 0.0946. The fraction of sp³-hybridized carbons (Fsp3) is 0.571. The van der Waals surface area contributed by atoms with Gasteiger partial charge in [-0.15, -0.1) is 0 Å². The summed E-state index contributed by atoms with van der Waals surface area (Å²) < 4.78 is 1.42. The summed E-state index contributed by atoms with van der Waals surface area (Å²) in [5.41, 5.74) is 0.225. The van der Waals surface area contributed by atoms with Gasteiger partial charge >= 0.3 is 0 Å². The quantitative estimate of drug-likeness (QED) is 0.766. The van der Waals surface area contributed by atoms with Gasteiger partial charge in [0.05, 0.1) is 5.39 Å². The van der Waals surface area contributed by atoms with Crippen LogP contribution in [0.5, 0.6) is 0 Å². The molecule has 1 aromatic heterocycles. The van der Waals surface area contributed by atoms with Crippen molar-refractivity contribution in [3.63, 3.8) is 0 Å². The van der Waals surface area contributed by atoms with Crippen molar-refractivity contribution in [2.45, 2.75) is 64.8 Å². The van der Waals surface area contributed by atoms with Crippen LogP contribution in [0.25, 0.3) is 10.8 Å². The van der Waals surface area contributed by atoms with Crippen LogP contribution < -0.4 is 10.9 Å². The summed E-state index contributed by atoms with van der Waals surface area (Å²) in [4.78, 5) is 25.2. The van der Waals surface area contributed by atoms with Crippen LogP contribution in [0, 0.1) is 5.92 Å². The Bertz CT molecular complexity index is 806. The van der Waals surface area contributed by atoms with Crippen molar-refractivity contribution in [2.75, 3.05) is 6.54 Å². The van der Waals surface area contributed by atoms with Crippen molar-refractivity contribution in [1.29, 1.82) is 0 Å². The summed E-state index contributed by atoms with van der Waals surface area (Å²) in [6, 6.07) is 7.24. The first kappa shape index (κ1) is 18.6. The van der Waals surface area contributed by atoms with E-state index in [1.807, 2.05) is 19.1 Å². The highest BCUT2D eigenvalue weighted by molar-refractivity contribution is 6.04. The third-order valence-corrected chi connectivity index (χ3v) is 5.32. The van der Waals surface area contributed by atoms with Crippen LogP contribution >= 0.6 is 0 Å². The molecule has 0 atom stereocenters. The first-order valence-corrected chi connectivity index (χ1v) is 9.98. The van der Waals surface area contributed by atoms with Gasteiger partial charge in [-0.1, -0.05) is 57.2 Å². The third kappa shape index (κ3) is 4.32. The van der Waals surface area contributed by atoms with Crippen LogP contribution in [-0.4, -0.2) is 22.2 Å². The fourth-order valence-corrected chi connectivity index (χ4v) is 3.92. The largest absolute Gasteiger partial charge is 0.351 e. The van der Waals surface area contributed by atoms with E-state index >= 15 is 0 Å². The summed E-state index contributed by atoms with van der Waals surface area (Å²) in [6.45, 7) is 3.18. The number of aromatic nitrogens is 2. The molecule has 1 saturated carbocycles. The molecular weight excluding hydrogens is 326 g/mol. The molecule has 140 valence electrons. The highest BCUT2D eigenvalue weighted by Gasteiger charge is 2.17. The zero-order valence-corrected chi connectivity index (χ0v) is 15.7. The summed E-state index contributed by atoms with van der Waals surface area (Å²) >= 11 is 0. The minimum atomic E-state index is -0.185. The second kappa shape index (κ2) is 8.97. The van der Waals surface area contributed by atoms with E-state index in [-0.39, 0.29) is 11.5 Å². The molecule has 26 heavy (non-hydrogen) atoms. The smallest absolute Gasteiger partial charge is 0.274 e. The molecule has 1 fully saturated rings. The topological polar surface area (TPSA) is 64.0 Å².